The molecule has 0 saturated heterocycles. The highest BCUT2D eigenvalue weighted by molar-refractivity contribution is 5.86. The Bertz CT molecular complexity index is 972. The maximum absolute atomic E-state index is 12.8. The number of alkyl carbamates (subject to hydrolysis) is 1. The van der Waals surface area contributed by atoms with Crippen LogP contribution in [0.3, 0.4) is 0 Å². The predicted octanol–water partition coefficient (Wildman–Crippen LogP) is 4.17. The van der Waals surface area contributed by atoms with E-state index in [9.17, 15) is 14.4 Å². The summed E-state index contributed by atoms with van der Waals surface area (Å²) in [4.78, 5) is 36.6. The molecule has 3 rings (SSSR count). The van der Waals surface area contributed by atoms with Crippen LogP contribution in [0.2, 0.25) is 0 Å². The fraction of sp³-hybridized carbons (Fsp3) is 0.423. The Morgan fingerprint density at radius 1 is 0.879 bits per heavy atom. The molecule has 2 aromatic rings. The molecule has 1 unspecified atom stereocenters. The largest absolute Gasteiger partial charge is 0.481 e. The van der Waals surface area contributed by atoms with E-state index < -0.39 is 30.1 Å². The van der Waals surface area contributed by atoms with Gasteiger partial charge in [-0.2, -0.15) is 0 Å². The van der Waals surface area contributed by atoms with Crippen LogP contribution in [0.25, 0.3) is 11.1 Å². The smallest absolute Gasteiger partial charge is 0.407 e. The molecule has 2 amide bonds. The first kappa shape index (κ1) is 24.3. The first-order valence-corrected chi connectivity index (χ1v) is 11.3. The predicted molar refractivity (Wildman–Crippen MR) is 126 cm³/mol. The van der Waals surface area contributed by atoms with Crippen molar-refractivity contribution in [2.24, 2.45) is 11.8 Å². The van der Waals surface area contributed by atoms with E-state index >= 15 is 0 Å². The average Bonchev–Trinajstić information content (AvgIpc) is 3.08. The number of aliphatic carboxylic acids is 1. The average molecular weight is 453 g/mol. The minimum atomic E-state index is -0.986. The van der Waals surface area contributed by atoms with Crippen LogP contribution in [-0.4, -0.2) is 41.8 Å². The van der Waals surface area contributed by atoms with E-state index in [1.807, 2.05) is 64.1 Å². The summed E-state index contributed by atoms with van der Waals surface area (Å²) in [7, 11) is 0. The zero-order valence-corrected chi connectivity index (χ0v) is 19.5. The maximum Gasteiger partial charge on any atom is 0.407 e. The number of rotatable bonds is 9. The first-order chi connectivity index (χ1) is 15.7. The molecule has 2 atom stereocenters. The number of amides is 2. The highest BCUT2D eigenvalue weighted by atomic mass is 16.5. The van der Waals surface area contributed by atoms with Crippen LogP contribution < -0.4 is 10.6 Å². The third-order valence-electron chi connectivity index (χ3n) is 6.09. The minimum Gasteiger partial charge on any atom is -0.481 e. The molecule has 0 heterocycles. The van der Waals surface area contributed by atoms with Gasteiger partial charge < -0.3 is 20.5 Å². The van der Waals surface area contributed by atoms with Crippen molar-refractivity contribution in [3.05, 3.63) is 59.7 Å². The van der Waals surface area contributed by atoms with Gasteiger partial charge in [-0.25, -0.2) is 4.79 Å². The topological polar surface area (TPSA) is 105 Å². The number of hydrogen-bond acceptors (Lipinski definition) is 4. The minimum absolute atomic E-state index is 0.0627. The number of fused-ring (bicyclic) bond motifs is 3. The van der Waals surface area contributed by atoms with Crippen LogP contribution in [-0.2, 0) is 14.3 Å². The summed E-state index contributed by atoms with van der Waals surface area (Å²) in [5, 5.41) is 14.5. The molecule has 0 spiro atoms. The van der Waals surface area contributed by atoms with Gasteiger partial charge in [-0.1, -0.05) is 76.2 Å². The lowest BCUT2D eigenvalue weighted by Crippen LogP contribution is -2.53. The lowest BCUT2D eigenvalue weighted by Gasteiger charge is -2.26. The molecule has 1 aliphatic carbocycles. The Labute approximate surface area is 194 Å². The molecule has 0 saturated carbocycles. The molecule has 0 bridgehead atoms. The second-order valence-corrected chi connectivity index (χ2v) is 9.15. The van der Waals surface area contributed by atoms with Gasteiger partial charge in [0.05, 0.1) is 6.42 Å². The molecule has 1 aliphatic rings. The van der Waals surface area contributed by atoms with Crippen molar-refractivity contribution >= 4 is 18.0 Å². The summed E-state index contributed by atoms with van der Waals surface area (Å²) in [5.74, 6) is -1.75. The molecule has 0 fully saturated rings. The van der Waals surface area contributed by atoms with Crippen LogP contribution in [0.4, 0.5) is 4.79 Å². The highest BCUT2D eigenvalue weighted by Gasteiger charge is 2.31. The summed E-state index contributed by atoms with van der Waals surface area (Å²) in [6, 6.07) is 14.8. The molecule has 0 aromatic heterocycles. The van der Waals surface area contributed by atoms with E-state index in [0.29, 0.717) is 0 Å². The van der Waals surface area contributed by atoms with Crippen molar-refractivity contribution in [3.8, 4) is 11.1 Å². The third-order valence-corrected chi connectivity index (χ3v) is 6.09. The summed E-state index contributed by atoms with van der Waals surface area (Å²) in [5.41, 5.74) is 4.50. The number of hydrogen-bond donors (Lipinski definition) is 3. The summed E-state index contributed by atoms with van der Waals surface area (Å²) in [6.45, 7) is 7.47. The number of carboxylic acids is 1. The van der Waals surface area contributed by atoms with Gasteiger partial charge in [0.1, 0.15) is 12.6 Å². The molecule has 33 heavy (non-hydrogen) atoms. The summed E-state index contributed by atoms with van der Waals surface area (Å²) in [6.07, 6.45) is -0.857. The fourth-order valence-electron chi connectivity index (χ4n) is 4.22. The van der Waals surface area contributed by atoms with Crippen molar-refractivity contribution in [2.75, 3.05) is 6.61 Å². The normalized spacial score (nSPS) is 14.4. The van der Waals surface area contributed by atoms with Crippen LogP contribution in [0, 0.1) is 11.8 Å². The van der Waals surface area contributed by atoms with Crippen molar-refractivity contribution < 1.29 is 24.2 Å². The van der Waals surface area contributed by atoms with Crippen molar-refractivity contribution in [1.82, 2.24) is 10.6 Å². The molecule has 7 heteroatoms. The zero-order valence-electron chi connectivity index (χ0n) is 19.5. The van der Waals surface area contributed by atoms with Crippen LogP contribution in [0.5, 0.6) is 0 Å². The third kappa shape index (κ3) is 5.72. The van der Waals surface area contributed by atoms with Gasteiger partial charge in [-0.3, -0.25) is 9.59 Å². The fourth-order valence-corrected chi connectivity index (χ4v) is 4.22. The van der Waals surface area contributed by atoms with Crippen LogP contribution in [0.15, 0.2) is 48.5 Å². The van der Waals surface area contributed by atoms with Crippen LogP contribution in [0.1, 0.15) is 51.2 Å². The van der Waals surface area contributed by atoms with E-state index in [1.165, 1.54) is 0 Å². The monoisotopic (exact) mass is 452 g/mol. The number of nitrogens with one attached hydrogen (secondary N) is 2. The SMILES string of the molecule is CC(C)C(CC(=O)O)NC(=O)[C@@H](NC(=O)OCC1c2ccccc2-c2ccccc21)C(C)C. The molecule has 7 nitrogen and oxygen atoms in total. The highest BCUT2D eigenvalue weighted by Crippen LogP contribution is 2.44. The number of carbonyl (C=O) groups excluding carboxylic acids is 2. The van der Waals surface area contributed by atoms with Gasteiger partial charge in [0, 0.05) is 12.0 Å². The molecular weight excluding hydrogens is 420 g/mol. The van der Waals surface area contributed by atoms with Crippen molar-refractivity contribution in [3.63, 3.8) is 0 Å². The Morgan fingerprint density at radius 2 is 1.42 bits per heavy atom. The number of ether oxygens (including phenoxy) is 1. The Hall–Kier alpha value is -3.35. The second-order valence-electron chi connectivity index (χ2n) is 9.15. The van der Waals surface area contributed by atoms with Gasteiger partial charge in [0.15, 0.2) is 0 Å². The molecule has 0 aliphatic heterocycles. The summed E-state index contributed by atoms with van der Waals surface area (Å²) < 4.78 is 5.56. The quantitative estimate of drug-likeness (QED) is 0.530. The van der Waals surface area contributed by atoms with Crippen LogP contribution >= 0.6 is 0 Å². The first-order valence-electron chi connectivity index (χ1n) is 11.3. The van der Waals surface area contributed by atoms with E-state index in [-0.39, 0.29) is 30.8 Å². The molecular formula is C26H32N2O5. The Kier molecular flexibility index (Phi) is 7.74. The summed E-state index contributed by atoms with van der Waals surface area (Å²) >= 11 is 0. The standard InChI is InChI=1S/C26H32N2O5/c1-15(2)22(13-23(29)30)27-25(31)24(16(3)4)28-26(32)33-14-21-19-11-7-5-9-17(19)18-10-6-8-12-20(18)21/h5-12,15-16,21-22,24H,13-14H2,1-4H3,(H,27,31)(H,28,32)(H,29,30)/t22?,24-/m0/s1. The van der Waals surface area contributed by atoms with Gasteiger partial charge in [0.2, 0.25) is 5.91 Å². The maximum atomic E-state index is 12.8. The number of carboxylic acid groups (broad SMARTS) is 1. The van der Waals surface area contributed by atoms with Gasteiger partial charge in [0.25, 0.3) is 0 Å². The molecule has 2 aromatic carbocycles. The van der Waals surface area contributed by atoms with E-state index in [2.05, 4.69) is 22.8 Å². The number of benzene rings is 2. The van der Waals surface area contributed by atoms with Crippen molar-refractivity contribution in [2.45, 2.75) is 52.1 Å². The Morgan fingerprint density at radius 3 is 1.91 bits per heavy atom. The lowest BCUT2D eigenvalue weighted by molar-refractivity contribution is -0.138. The molecule has 176 valence electrons. The molecule has 0 radical (unpaired) electrons. The van der Waals surface area contributed by atoms with Gasteiger partial charge in [-0.15, -0.1) is 0 Å². The Balaban J connectivity index is 1.65. The van der Waals surface area contributed by atoms with E-state index in [4.69, 9.17) is 9.84 Å². The second kappa shape index (κ2) is 10.5. The zero-order chi connectivity index (χ0) is 24.1. The molecule has 3 N–H and O–H groups in total. The van der Waals surface area contributed by atoms with Gasteiger partial charge >= 0.3 is 12.1 Å². The van der Waals surface area contributed by atoms with Crippen molar-refractivity contribution in [1.29, 1.82) is 0 Å². The lowest BCUT2D eigenvalue weighted by atomic mass is 9.98. The van der Waals surface area contributed by atoms with E-state index in [0.717, 1.165) is 22.3 Å². The van der Waals surface area contributed by atoms with E-state index in [1.54, 1.807) is 0 Å². The van der Waals surface area contributed by atoms with Gasteiger partial charge in [-0.05, 0) is 34.1 Å². The number of carbonyl (C=O) groups is 3.